The number of nitrogens with zero attached hydrogens (tertiary/aromatic N) is 2. The first-order chi connectivity index (χ1) is 6.66. The Morgan fingerprint density at radius 2 is 2.43 bits per heavy atom. The van der Waals surface area contributed by atoms with E-state index in [1.807, 2.05) is 6.92 Å². The third-order valence-electron chi connectivity index (χ3n) is 1.75. The molecular formula is C7H8N4OS2. The van der Waals surface area contributed by atoms with Crippen LogP contribution in [-0.2, 0) is 6.54 Å². The fraction of sp³-hybridized carbons (Fsp3) is 0.286. The van der Waals surface area contributed by atoms with Gasteiger partial charge < -0.3 is 0 Å². The summed E-state index contributed by atoms with van der Waals surface area (Å²) in [6.45, 7) is 2.40. The Morgan fingerprint density at radius 1 is 1.64 bits per heavy atom. The Hall–Kier alpha value is -1.21. The van der Waals surface area contributed by atoms with Gasteiger partial charge in [-0.2, -0.15) is 0 Å². The molecule has 0 amide bonds. The maximum atomic E-state index is 11.2. The van der Waals surface area contributed by atoms with Crippen molar-refractivity contribution in [3.63, 3.8) is 0 Å². The van der Waals surface area contributed by atoms with E-state index in [2.05, 4.69) is 15.2 Å². The van der Waals surface area contributed by atoms with Crippen molar-refractivity contribution < 1.29 is 0 Å². The predicted molar refractivity (Wildman–Crippen MR) is 56.2 cm³/mol. The van der Waals surface area contributed by atoms with Gasteiger partial charge in [0.25, 0.3) is 0 Å². The number of H-pyrrole nitrogens is 2. The number of aryl methyl sites for hydroxylation is 1. The lowest BCUT2D eigenvalue weighted by atomic mass is 10.5. The van der Waals surface area contributed by atoms with Gasteiger partial charge in [-0.1, -0.05) is 0 Å². The molecule has 0 saturated heterocycles. The summed E-state index contributed by atoms with van der Waals surface area (Å²) < 4.78 is 1.86. The van der Waals surface area contributed by atoms with Gasteiger partial charge in [-0.15, -0.1) is 11.3 Å². The second-order valence-corrected chi connectivity index (χ2v) is 4.50. The molecule has 0 radical (unpaired) electrons. The van der Waals surface area contributed by atoms with Crippen LogP contribution in [0.5, 0.6) is 0 Å². The average molecular weight is 228 g/mol. The highest BCUT2D eigenvalue weighted by Crippen LogP contribution is 2.11. The van der Waals surface area contributed by atoms with E-state index in [-0.39, 0.29) is 5.69 Å². The quantitative estimate of drug-likeness (QED) is 0.755. The lowest BCUT2D eigenvalue weighted by Gasteiger charge is -1.94. The molecule has 0 bridgehead atoms. The van der Waals surface area contributed by atoms with Gasteiger partial charge in [0.2, 0.25) is 0 Å². The first kappa shape index (κ1) is 9.35. The molecule has 14 heavy (non-hydrogen) atoms. The number of nitrogens with one attached hydrogen (secondary N) is 2. The molecule has 2 aromatic rings. The molecule has 0 aromatic carbocycles. The van der Waals surface area contributed by atoms with Crippen LogP contribution in [0.2, 0.25) is 0 Å². The molecule has 2 heterocycles. The summed E-state index contributed by atoms with van der Waals surface area (Å²) in [7, 11) is 0. The SMILES string of the molecule is Cc1ncc(Cn2c(=O)[nH][nH]c2=S)s1. The van der Waals surface area contributed by atoms with Gasteiger partial charge >= 0.3 is 5.69 Å². The van der Waals surface area contributed by atoms with E-state index in [9.17, 15) is 4.79 Å². The fourth-order valence-corrected chi connectivity index (χ4v) is 2.09. The second-order valence-electron chi connectivity index (χ2n) is 2.79. The first-order valence-corrected chi connectivity index (χ1v) is 5.18. The number of hydrogen-bond acceptors (Lipinski definition) is 4. The minimum atomic E-state index is -0.221. The van der Waals surface area contributed by atoms with Gasteiger partial charge in [-0.3, -0.25) is 9.67 Å². The van der Waals surface area contributed by atoms with Crippen molar-refractivity contribution in [2.45, 2.75) is 13.5 Å². The molecule has 74 valence electrons. The van der Waals surface area contributed by atoms with Crippen LogP contribution in [0, 0.1) is 11.7 Å². The standard InChI is InChI=1S/C7H8N4OS2/c1-4-8-2-5(14-4)3-11-6(12)9-10-7(11)13/h2H,3H2,1H3,(H,9,12)(H,10,13). The summed E-state index contributed by atoms with van der Waals surface area (Å²) >= 11 is 6.50. The molecule has 0 spiro atoms. The van der Waals surface area contributed by atoms with Crippen LogP contribution in [0.25, 0.3) is 0 Å². The largest absolute Gasteiger partial charge is 0.342 e. The zero-order valence-electron chi connectivity index (χ0n) is 7.40. The van der Waals surface area contributed by atoms with Crippen molar-refractivity contribution in [3.8, 4) is 0 Å². The van der Waals surface area contributed by atoms with Crippen LogP contribution in [0.3, 0.4) is 0 Å². The van der Waals surface area contributed by atoms with Gasteiger partial charge in [-0.25, -0.2) is 14.9 Å². The zero-order valence-corrected chi connectivity index (χ0v) is 9.04. The summed E-state index contributed by atoms with van der Waals surface area (Å²) in [4.78, 5) is 16.4. The van der Waals surface area contributed by atoms with Gasteiger partial charge in [0.05, 0.1) is 11.6 Å². The molecule has 0 fully saturated rings. The van der Waals surface area contributed by atoms with Crippen molar-refractivity contribution >= 4 is 23.6 Å². The van der Waals surface area contributed by atoms with E-state index in [4.69, 9.17) is 12.2 Å². The van der Waals surface area contributed by atoms with Crippen LogP contribution in [0.1, 0.15) is 9.88 Å². The Bertz CT molecular complexity index is 519. The molecule has 2 N–H and O–H groups in total. The third-order valence-corrected chi connectivity index (χ3v) is 2.97. The van der Waals surface area contributed by atoms with Crippen LogP contribution in [0.15, 0.2) is 11.0 Å². The topological polar surface area (TPSA) is 66.5 Å². The van der Waals surface area contributed by atoms with Crippen LogP contribution in [-0.4, -0.2) is 19.7 Å². The molecule has 5 nitrogen and oxygen atoms in total. The van der Waals surface area contributed by atoms with Crippen molar-refractivity contribution in [1.29, 1.82) is 0 Å². The smallest absolute Gasteiger partial charge is 0.272 e. The molecule has 2 aromatic heterocycles. The van der Waals surface area contributed by atoms with Crippen molar-refractivity contribution in [3.05, 3.63) is 31.3 Å². The summed E-state index contributed by atoms with van der Waals surface area (Å²) in [5, 5.41) is 6.00. The van der Waals surface area contributed by atoms with Crippen LogP contribution >= 0.6 is 23.6 Å². The normalized spacial score (nSPS) is 10.6. The highest BCUT2D eigenvalue weighted by atomic mass is 32.1. The molecule has 0 saturated carbocycles. The van der Waals surface area contributed by atoms with E-state index in [1.54, 1.807) is 17.5 Å². The van der Waals surface area contributed by atoms with Crippen molar-refractivity contribution in [2.75, 3.05) is 0 Å². The number of thiazole rings is 1. The maximum absolute atomic E-state index is 11.2. The number of aromatic nitrogens is 4. The Balaban J connectivity index is 2.36. The van der Waals surface area contributed by atoms with Crippen LogP contribution in [0.4, 0.5) is 0 Å². The molecule has 0 aliphatic heterocycles. The van der Waals surface area contributed by atoms with Gasteiger partial charge in [0.15, 0.2) is 4.77 Å². The molecule has 0 aliphatic carbocycles. The minimum absolute atomic E-state index is 0.221. The van der Waals surface area contributed by atoms with Gasteiger partial charge in [-0.05, 0) is 19.1 Å². The summed E-state index contributed by atoms with van der Waals surface area (Å²) in [6.07, 6.45) is 1.76. The Labute approximate surface area is 88.4 Å². The summed E-state index contributed by atoms with van der Waals surface area (Å²) in [5.74, 6) is 0. The van der Waals surface area contributed by atoms with Gasteiger partial charge in [0.1, 0.15) is 0 Å². The molecule has 2 rings (SSSR count). The van der Waals surface area contributed by atoms with E-state index < -0.39 is 0 Å². The second kappa shape index (κ2) is 3.50. The average Bonchev–Trinajstić information content (AvgIpc) is 2.67. The number of hydrogen-bond donors (Lipinski definition) is 2. The minimum Gasteiger partial charge on any atom is -0.272 e. The highest BCUT2D eigenvalue weighted by molar-refractivity contribution is 7.71. The maximum Gasteiger partial charge on any atom is 0.342 e. The number of aromatic amines is 2. The first-order valence-electron chi connectivity index (χ1n) is 3.95. The number of rotatable bonds is 2. The molecule has 7 heteroatoms. The van der Waals surface area contributed by atoms with E-state index in [1.165, 1.54) is 4.57 Å². The van der Waals surface area contributed by atoms with E-state index in [0.717, 1.165) is 9.88 Å². The molecular weight excluding hydrogens is 220 g/mol. The van der Waals surface area contributed by atoms with Crippen LogP contribution < -0.4 is 5.69 Å². The summed E-state index contributed by atoms with van der Waals surface area (Å²) in [6, 6.07) is 0. The van der Waals surface area contributed by atoms with Gasteiger partial charge in [0, 0.05) is 11.1 Å². The Morgan fingerprint density at radius 3 is 2.93 bits per heavy atom. The molecule has 0 atom stereocenters. The summed E-state index contributed by atoms with van der Waals surface area (Å²) in [5.41, 5.74) is -0.221. The zero-order chi connectivity index (χ0) is 10.1. The van der Waals surface area contributed by atoms with Crippen molar-refractivity contribution in [2.24, 2.45) is 0 Å². The van der Waals surface area contributed by atoms with E-state index >= 15 is 0 Å². The van der Waals surface area contributed by atoms with Crippen molar-refractivity contribution in [1.82, 2.24) is 19.7 Å². The highest BCUT2D eigenvalue weighted by Gasteiger charge is 2.03. The van der Waals surface area contributed by atoms with E-state index in [0.29, 0.717) is 11.3 Å². The molecule has 0 aliphatic rings. The molecule has 0 unspecified atom stereocenters. The third kappa shape index (κ3) is 1.68. The fourth-order valence-electron chi connectivity index (χ4n) is 1.11. The Kier molecular flexibility index (Phi) is 2.34. The monoisotopic (exact) mass is 228 g/mol. The lowest BCUT2D eigenvalue weighted by Crippen LogP contribution is -2.16. The predicted octanol–water partition coefficient (Wildman–Crippen LogP) is 1.05. The lowest BCUT2D eigenvalue weighted by molar-refractivity contribution is 0.760.